The van der Waals surface area contributed by atoms with Crippen LogP contribution in [0.4, 0.5) is 0 Å². The molecular weight excluding hydrogens is 224 g/mol. The summed E-state index contributed by atoms with van der Waals surface area (Å²) in [6, 6.07) is 10.7. The van der Waals surface area contributed by atoms with E-state index in [0.717, 1.165) is 35.5 Å². The minimum Gasteiger partial charge on any atom is -0.490 e. The molecular formula is C15H18N2O. The molecule has 0 spiro atoms. The van der Waals surface area contributed by atoms with E-state index in [9.17, 15) is 0 Å². The van der Waals surface area contributed by atoms with Crippen LogP contribution in [-0.4, -0.2) is 24.2 Å². The Labute approximate surface area is 107 Å². The van der Waals surface area contributed by atoms with Gasteiger partial charge in [-0.25, -0.2) is 4.98 Å². The van der Waals surface area contributed by atoms with Gasteiger partial charge in [0.2, 0.25) is 0 Å². The van der Waals surface area contributed by atoms with E-state index in [1.165, 1.54) is 12.8 Å². The lowest BCUT2D eigenvalue weighted by molar-refractivity contribution is 0.280. The monoisotopic (exact) mass is 242 g/mol. The molecule has 94 valence electrons. The van der Waals surface area contributed by atoms with Crippen LogP contribution in [0.3, 0.4) is 0 Å². The molecule has 3 rings (SSSR count). The maximum Gasteiger partial charge on any atom is 0.145 e. The van der Waals surface area contributed by atoms with Crippen LogP contribution in [0.1, 0.15) is 18.5 Å². The van der Waals surface area contributed by atoms with Gasteiger partial charge in [-0.3, -0.25) is 0 Å². The summed E-state index contributed by atoms with van der Waals surface area (Å²) in [6.07, 6.45) is 2.46. The fraction of sp³-hybridized carbons (Fsp3) is 0.400. The van der Waals surface area contributed by atoms with Crippen LogP contribution in [-0.2, 0) is 0 Å². The number of hydrogen-bond donors (Lipinski definition) is 1. The predicted molar refractivity (Wildman–Crippen MR) is 73.0 cm³/mol. The second-order valence-electron chi connectivity index (χ2n) is 4.88. The van der Waals surface area contributed by atoms with Crippen molar-refractivity contribution in [3.63, 3.8) is 0 Å². The maximum atomic E-state index is 5.93. The molecule has 0 amide bonds. The van der Waals surface area contributed by atoms with Crippen molar-refractivity contribution < 1.29 is 4.74 Å². The Morgan fingerprint density at radius 2 is 2.28 bits per heavy atom. The summed E-state index contributed by atoms with van der Waals surface area (Å²) in [4.78, 5) is 4.58. The van der Waals surface area contributed by atoms with Crippen molar-refractivity contribution in [1.29, 1.82) is 0 Å². The summed E-state index contributed by atoms with van der Waals surface area (Å²) in [5.41, 5.74) is 1.99. The molecule has 18 heavy (non-hydrogen) atoms. The summed E-state index contributed by atoms with van der Waals surface area (Å²) >= 11 is 0. The molecule has 1 aliphatic rings. The molecule has 1 N–H and O–H groups in total. The zero-order valence-corrected chi connectivity index (χ0v) is 10.6. The van der Waals surface area contributed by atoms with E-state index in [2.05, 4.69) is 22.4 Å². The number of hydrogen-bond acceptors (Lipinski definition) is 3. The third-order valence-electron chi connectivity index (χ3n) is 3.42. The zero-order valence-electron chi connectivity index (χ0n) is 10.6. The Morgan fingerprint density at radius 1 is 1.33 bits per heavy atom. The molecule has 0 radical (unpaired) electrons. The van der Waals surface area contributed by atoms with Crippen LogP contribution in [0, 0.1) is 6.92 Å². The third-order valence-corrected chi connectivity index (χ3v) is 3.42. The van der Waals surface area contributed by atoms with Gasteiger partial charge in [-0.1, -0.05) is 18.2 Å². The van der Waals surface area contributed by atoms with Crippen molar-refractivity contribution in [2.24, 2.45) is 0 Å². The Kier molecular flexibility index (Phi) is 3.15. The molecule has 1 aromatic carbocycles. The number of aryl methyl sites for hydroxylation is 1. The van der Waals surface area contributed by atoms with E-state index in [1.54, 1.807) is 0 Å². The minimum atomic E-state index is 0.491. The average molecular weight is 242 g/mol. The van der Waals surface area contributed by atoms with Crippen molar-refractivity contribution in [3.8, 4) is 5.75 Å². The number of para-hydroxylation sites is 1. The van der Waals surface area contributed by atoms with Crippen molar-refractivity contribution in [1.82, 2.24) is 10.3 Å². The van der Waals surface area contributed by atoms with E-state index < -0.39 is 0 Å². The number of nitrogens with zero attached hydrogens (tertiary/aromatic N) is 1. The summed E-state index contributed by atoms with van der Waals surface area (Å²) < 4.78 is 5.93. The highest BCUT2D eigenvalue weighted by molar-refractivity contribution is 5.84. The van der Waals surface area contributed by atoms with E-state index in [4.69, 9.17) is 4.74 Å². The summed E-state index contributed by atoms with van der Waals surface area (Å²) in [6.45, 7) is 3.85. The molecule has 0 saturated carbocycles. The van der Waals surface area contributed by atoms with Gasteiger partial charge in [0.25, 0.3) is 0 Å². The fourth-order valence-electron chi connectivity index (χ4n) is 2.42. The molecule has 1 fully saturated rings. The molecule has 0 aliphatic carbocycles. The lowest BCUT2D eigenvalue weighted by atomic mass is 10.2. The van der Waals surface area contributed by atoms with Gasteiger partial charge >= 0.3 is 0 Å². The van der Waals surface area contributed by atoms with Crippen molar-refractivity contribution >= 4 is 10.9 Å². The Bertz CT molecular complexity index is 547. The van der Waals surface area contributed by atoms with Crippen molar-refractivity contribution in [2.75, 3.05) is 13.2 Å². The molecule has 3 heteroatoms. The van der Waals surface area contributed by atoms with Gasteiger partial charge in [0.05, 0.1) is 0 Å². The smallest absolute Gasteiger partial charge is 0.145 e. The highest BCUT2D eigenvalue weighted by atomic mass is 16.5. The standard InChI is InChI=1S/C15H18N2O/c1-11-7-8-12-4-2-6-14(15(12)17-11)18-10-13-5-3-9-16-13/h2,4,6-8,13,16H,3,5,9-10H2,1H3/t13-/m0/s1. The second kappa shape index (κ2) is 4.94. The van der Waals surface area contributed by atoms with Gasteiger partial charge in [0.15, 0.2) is 0 Å². The van der Waals surface area contributed by atoms with Crippen LogP contribution in [0.5, 0.6) is 5.75 Å². The maximum absolute atomic E-state index is 5.93. The normalized spacial score (nSPS) is 19.3. The number of aromatic nitrogens is 1. The molecule has 1 aromatic heterocycles. The summed E-state index contributed by atoms with van der Waals surface area (Å²) in [5.74, 6) is 0.893. The van der Waals surface area contributed by atoms with Gasteiger partial charge in [0, 0.05) is 17.1 Å². The van der Waals surface area contributed by atoms with Crippen LogP contribution < -0.4 is 10.1 Å². The van der Waals surface area contributed by atoms with E-state index in [1.807, 2.05) is 25.1 Å². The molecule has 3 nitrogen and oxygen atoms in total. The number of ether oxygens (including phenoxy) is 1. The third kappa shape index (κ3) is 2.31. The fourth-order valence-corrected chi connectivity index (χ4v) is 2.42. The van der Waals surface area contributed by atoms with Crippen LogP contribution in [0.25, 0.3) is 10.9 Å². The van der Waals surface area contributed by atoms with E-state index in [0.29, 0.717) is 6.04 Å². The number of fused-ring (bicyclic) bond motifs is 1. The number of benzene rings is 1. The van der Waals surface area contributed by atoms with Crippen LogP contribution in [0.2, 0.25) is 0 Å². The van der Waals surface area contributed by atoms with E-state index >= 15 is 0 Å². The molecule has 1 atom stereocenters. The Morgan fingerprint density at radius 3 is 3.11 bits per heavy atom. The predicted octanol–water partition coefficient (Wildman–Crippen LogP) is 2.67. The second-order valence-corrected chi connectivity index (χ2v) is 4.88. The quantitative estimate of drug-likeness (QED) is 0.898. The van der Waals surface area contributed by atoms with Crippen LogP contribution in [0.15, 0.2) is 30.3 Å². The van der Waals surface area contributed by atoms with Crippen molar-refractivity contribution in [3.05, 3.63) is 36.0 Å². The average Bonchev–Trinajstić information content (AvgIpc) is 2.89. The summed E-state index contributed by atoms with van der Waals surface area (Å²) in [7, 11) is 0. The molecule has 2 heterocycles. The van der Waals surface area contributed by atoms with Gasteiger partial charge in [0.1, 0.15) is 17.9 Å². The topological polar surface area (TPSA) is 34.1 Å². The molecule has 2 aromatic rings. The Hall–Kier alpha value is -1.61. The molecule has 1 saturated heterocycles. The van der Waals surface area contributed by atoms with E-state index in [-0.39, 0.29) is 0 Å². The van der Waals surface area contributed by atoms with Gasteiger partial charge in [-0.2, -0.15) is 0 Å². The SMILES string of the molecule is Cc1ccc2cccc(OC[C@@H]3CCCN3)c2n1. The highest BCUT2D eigenvalue weighted by Gasteiger charge is 2.15. The van der Waals surface area contributed by atoms with Gasteiger partial charge < -0.3 is 10.1 Å². The first kappa shape index (κ1) is 11.5. The zero-order chi connectivity index (χ0) is 12.4. The Balaban J connectivity index is 1.84. The number of nitrogens with one attached hydrogen (secondary N) is 1. The molecule has 0 bridgehead atoms. The minimum absolute atomic E-state index is 0.491. The first-order chi connectivity index (χ1) is 8.83. The lowest BCUT2D eigenvalue weighted by Crippen LogP contribution is -2.28. The highest BCUT2D eigenvalue weighted by Crippen LogP contribution is 2.24. The van der Waals surface area contributed by atoms with Crippen molar-refractivity contribution in [2.45, 2.75) is 25.8 Å². The summed E-state index contributed by atoms with van der Waals surface area (Å²) in [5, 5.41) is 4.58. The lowest BCUT2D eigenvalue weighted by Gasteiger charge is -2.13. The van der Waals surface area contributed by atoms with Crippen LogP contribution >= 0.6 is 0 Å². The number of pyridine rings is 1. The first-order valence-electron chi connectivity index (χ1n) is 6.55. The molecule has 1 aliphatic heterocycles. The largest absolute Gasteiger partial charge is 0.490 e. The first-order valence-corrected chi connectivity index (χ1v) is 6.55. The number of rotatable bonds is 3. The van der Waals surface area contributed by atoms with Gasteiger partial charge in [-0.15, -0.1) is 0 Å². The molecule has 0 unspecified atom stereocenters. The van der Waals surface area contributed by atoms with Gasteiger partial charge in [-0.05, 0) is 38.4 Å².